The first-order chi connectivity index (χ1) is 8.71. The third kappa shape index (κ3) is 26.6. The topological polar surface area (TPSA) is 0 Å². The molecule has 4 heteroatoms. The summed E-state index contributed by atoms with van der Waals surface area (Å²) in [6.45, 7) is 2.65. The lowest BCUT2D eigenvalue weighted by molar-refractivity contribution is -0.870. The largest absolute Gasteiger partial charge is 1.00 e. The van der Waals surface area contributed by atoms with Crippen molar-refractivity contribution < 1.29 is 56.9 Å². The van der Waals surface area contributed by atoms with Gasteiger partial charge in [-0.05, 0) is 25.7 Å². The van der Waals surface area contributed by atoms with Crippen molar-refractivity contribution in [3.63, 3.8) is 0 Å². The summed E-state index contributed by atoms with van der Waals surface area (Å²) in [7, 11) is 13.7. The molecule has 0 bridgehead atoms. The highest BCUT2D eigenvalue weighted by molar-refractivity contribution is 4.47. The number of hydrogen-bond donors (Lipinski definition) is 0. The molecule has 0 N–H and O–H groups in total. The van der Waals surface area contributed by atoms with Gasteiger partial charge in [-0.25, -0.2) is 0 Å². The molecule has 0 atom stereocenters. The molecule has 0 spiro atoms. The number of halogens is 2. The second-order valence-corrected chi connectivity index (χ2v) is 8.21. The van der Waals surface area contributed by atoms with E-state index in [9.17, 15) is 0 Å². The Morgan fingerprint density at radius 3 is 0.762 bits per heavy atom. The molecule has 0 aromatic rings. The molecule has 0 rings (SSSR count). The molecular weight excluding hydrogens is 486 g/mol. The van der Waals surface area contributed by atoms with Crippen molar-refractivity contribution in [3.8, 4) is 0 Å². The van der Waals surface area contributed by atoms with E-state index in [0.29, 0.717) is 0 Å². The molecule has 0 saturated heterocycles. The highest BCUT2D eigenvalue weighted by Crippen LogP contribution is 2.11. The zero-order chi connectivity index (χ0) is 14.8. The fraction of sp³-hybridized carbons (Fsp3) is 1.00. The second kappa shape index (κ2) is 14.9. The van der Waals surface area contributed by atoms with Crippen LogP contribution in [0.25, 0.3) is 0 Å². The lowest BCUT2D eigenvalue weighted by atomic mass is 10.1. The van der Waals surface area contributed by atoms with E-state index in [-0.39, 0.29) is 48.0 Å². The van der Waals surface area contributed by atoms with Crippen LogP contribution in [-0.2, 0) is 0 Å². The Balaban J connectivity index is -0.00000162. The molecule has 0 saturated carbocycles. The molecule has 0 amide bonds. The van der Waals surface area contributed by atoms with E-state index < -0.39 is 0 Å². The maximum Gasteiger partial charge on any atom is 0.0780 e. The Morgan fingerprint density at radius 2 is 0.571 bits per heavy atom. The number of quaternary nitrogens is 2. The van der Waals surface area contributed by atoms with Crippen LogP contribution in [0.2, 0.25) is 0 Å². The van der Waals surface area contributed by atoms with Crippen LogP contribution in [0.15, 0.2) is 0 Å². The number of nitrogens with zero attached hydrogens (tertiary/aromatic N) is 2. The first-order valence-electron chi connectivity index (χ1n) is 8.32. The Hall–Kier alpha value is 1.38. The lowest BCUT2D eigenvalue weighted by Crippen LogP contribution is -3.00. The first-order valence-corrected chi connectivity index (χ1v) is 8.32. The molecule has 0 fully saturated rings. The number of rotatable bonds is 12. The van der Waals surface area contributed by atoms with Crippen molar-refractivity contribution in [1.29, 1.82) is 0 Å². The van der Waals surface area contributed by atoms with Gasteiger partial charge in [0, 0.05) is 0 Å². The second-order valence-electron chi connectivity index (χ2n) is 8.21. The summed E-state index contributed by atoms with van der Waals surface area (Å²) in [6, 6.07) is 0. The van der Waals surface area contributed by atoms with Gasteiger partial charge in [0.1, 0.15) is 0 Å². The van der Waals surface area contributed by atoms with Gasteiger partial charge in [0.25, 0.3) is 0 Å². The van der Waals surface area contributed by atoms with E-state index in [1.54, 1.807) is 0 Å². The number of unbranched alkanes of at least 4 members (excludes halogenated alkanes) is 8. The summed E-state index contributed by atoms with van der Waals surface area (Å²) in [5.41, 5.74) is 0. The van der Waals surface area contributed by atoms with Crippen LogP contribution in [0.3, 0.4) is 0 Å². The van der Waals surface area contributed by atoms with Crippen molar-refractivity contribution >= 4 is 0 Å². The van der Waals surface area contributed by atoms with Crippen molar-refractivity contribution in [2.24, 2.45) is 0 Å². The molecule has 2 nitrogen and oxygen atoms in total. The van der Waals surface area contributed by atoms with E-state index in [1.165, 1.54) is 70.9 Å². The predicted octanol–water partition coefficient (Wildman–Crippen LogP) is -2.08. The molecule has 0 aliphatic heterocycles. The normalized spacial score (nSPS) is 11.7. The van der Waals surface area contributed by atoms with E-state index >= 15 is 0 Å². The summed E-state index contributed by atoms with van der Waals surface area (Å²) in [5, 5.41) is 0. The van der Waals surface area contributed by atoms with Crippen LogP contribution in [-0.4, -0.2) is 64.3 Å². The van der Waals surface area contributed by atoms with Gasteiger partial charge >= 0.3 is 0 Å². The van der Waals surface area contributed by atoms with Gasteiger partial charge < -0.3 is 56.9 Å². The zero-order valence-electron chi connectivity index (χ0n) is 15.4. The molecule has 0 aromatic heterocycles. The van der Waals surface area contributed by atoms with E-state index in [4.69, 9.17) is 0 Å². The molecule has 0 unspecified atom stereocenters. The molecule has 0 aliphatic carbocycles. The minimum atomic E-state index is 0. The van der Waals surface area contributed by atoms with Crippen LogP contribution in [0.4, 0.5) is 0 Å². The van der Waals surface area contributed by atoms with Crippen molar-refractivity contribution in [2.75, 3.05) is 55.4 Å². The smallest absolute Gasteiger partial charge is 0.0780 e. The van der Waals surface area contributed by atoms with Crippen molar-refractivity contribution in [2.45, 2.75) is 57.8 Å². The third-order valence-corrected chi connectivity index (χ3v) is 3.66. The van der Waals surface area contributed by atoms with Crippen LogP contribution in [0.1, 0.15) is 57.8 Å². The zero-order valence-corrected chi connectivity index (χ0v) is 19.7. The van der Waals surface area contributed by atoms with Gasteiger partial charge in [-0.3, -0.25) is 0 Å². The Labute approximate surface area is 169 Å². The predicted molar refractivity (Wildman–Crippen MR) is 87.4 cm³/mol. The van der Waals surface area contributed by atoms with Gasteiger partial charge in [0.2, 0.25) is 0 Å². The van der Waals surface area contributed by atoms with E-state index in [0.717, 1.165) is 8.97 Å². The van der Waals surface area contributed by atoms with Crippen LogP contribution < -0.4 is 48.0 Å². The van der Waals surface area contributed by atoms with Crippen molar-refractivity contribution in [3.05, 3.63) is 0 Å². The van der Waals surface area contributed by atoms with Gasteiger partial charge in [-0.1, -0.05) is 32.1 Å². The average Bonchev–Trinajstić information content (AvgIpc) is 2.22. The van der Waals surface area contributed by atoms with Gasteiger partial charge in [0.15, 0.2) is 0 Å². The van der Waals surface area contributed by atoms with Gasteiger partial charge in [-0.2, -0.15) is 0 Å². The maximum absolute atomic E-state index is 2.29. The van der Waals surface area contributed by atoms with Crippen molar-refractivity contribution in [1.82, 2.24) is 0 Å². The van der Waals surface area contributed by atoms with Crippen LogP contribution >= 0.6 is 0 Å². The van der Waals surface area contributed by atoms with Crippen LogP contribution in [0, 0.1) is 0 Å². The number of hydrogen-bond acceptors (Lipinski definition) is 0. The Kier molecular flexibility index (Phi) is 19.4. The van der Waals surface area contributed by atoms with E-state index in [2.05, 4.69) is 42.3 Å². The Morgan fingerprint density at radius 1 is 0.381 bits per heavy atom. The quantitative estimate of drug-likeness (QED) is 0.156. The Bertz CT molecular complexity index is 186. The summed E-state index contributed by atoms with van der Waals surface area (Å²) in [6.07, 6.45) is 12.9. The minimum Gasteiger partial charge on any atom is -1.00 e. The average molecular weight is 526 g/mol. The SMILES string of the molecule is C[N+](C)(C)CCCCCCCCCCC[N+](C)(C)C.[I-].[I-]. The monoisotopic (exact) mass is 526 g/mol. The summed E-state index contributed by atoms with van der Waals surface area (Å²) in [4.78, 5) is 0. The molecule has 21 heavy (non-hydrogen) atoms. The lowest BCUT2D eigenvalue weighted by Gasteiger charge is -2.23. The summed E-state index contributed by atoms with van der Waals surface area (Å²) in [5.74, 6) is 0. The summed E-state index contributed by atoms with van der Waals surface area (Å²) < 4.78 is 2.23. The molecule has 132 valence electrons. The first kappa shape index (κ1) is 27.2. The van der Waals surface area contributed by atoms with Gasteiger partial charge in [-0.15, -0.1) is 0 Å². The standard InChI is InChI=1S/C17H40N2.2HI/c1-18(2,3)16-14-12-10-8-7-9-11-13-15-17-19(4,5)6;;/h7-17H2,1-6H3;2*1H/q+2;;/p-2. The highest BCUT2D eigenvalue weighted by Gasteiger charge is 2.06. The van der Waals surface area contributed by atoms with E-state index in [1.807, 2.05) is 0 Å². The fourth-order valence-electron chi connectivity index (χ4n) is 2.41. The molecule has 0 heterocycles. The van der Waals surface area contributed by atoms with Crippen LogP contribution in [0.5, 0.6) is 0 Å². The molecule has 0 aromatic carbocycles. The molecule has 0 aliphatic rings. The molecule has 0 radical (unpaired) electrons. The minimum absolute atomic E-state index is 0. The molecular formula is C17H40I2N2. The fourth-order valence-corrected chi connectivity index (χ4v) is 2.41. The maximum atomic E-state index is 2.29. The highest BCUT2D eigenvalue weighted by atomic mass is 127. The summed E-state index contributed by atoms with van der Waals surface area (Å²) >= 11 is 0. The third-order valence-electron chi connectivity index (χ3n) is 3.66. The van der Waals surface area contributed by atoms with Gasteiger partial charge in [0.05, 0.1) is 55.4 Å².